The predicted octanol–water partition coefficient (Wildman–Crippen LogP) is 3.82. The molecular formula is C28H28N6O2. The van der Waals surface area contributed by atoms with Gasteiger partial charge in [0.15, 0.2) is 0 Å². The van der Waals surface area contributed by atoms with Crippen molar-refractivity contribution in [1.29, 1.82) is 0 Å². The predicted molar refractivity (Wildman–Crippen MR) is 136 cm³/mol. The van der Waals surface area contributed by atoms with Crippen molar-refractivity contribution in [2.75, 3.05) is 13.1 Å². The highest BCUT2D eigenvalue weighted by Gasteiger charge is 2.49. The van der Waals surface area contributed by atoms with E-state index >= 15 is 0 Å². The van der Waals surface area contributed by atoms with Crippen LogP contribution in [0.5, 0.6) is 0 Å². The summed E-state index contributed by atoms with van der Waals surface area (Å²) in [6.45, 7) is 3.44. The lowest BCUT2D eigenvalue weighted by molar-refractivity contribution is 0.0782. The Morgan fingerprint density at radius 3 is 2.83 bits per heavy atom. The maximum Gasteiger partial charge on any atom is 0.255 e. The highest BCUT2D eigenvalue weighted by molar-refractivity contribution is 6.01. The van der Waals surface area contributed by atoms with Crippen molar-refractivity contribution >= 4 is 22.7 Å². The van der Waals surface area contributed by atoms with Gasteiger partial charge in [0.1, 0.15) is 0 Å². The molecule has 2 aliphatic carbocycles. The van der Waals surface area contributed by atoms with Crippen LogP contribution in [0.1, 0.15) is 58.0 Å². The molecule has 1 saturated heterocycles. The van der Waals surface area contributed by atoms with Gasteiger partial charge in [0.25, 0.3) is 11.8 Å². The number of hydrogen-bond acceptors (Lipinski definition) is 4. The molecule has 4 heterocycles. The van der Waals surface area contributed by atoms with Crippen LogP contribution < -0.4 is 5.32 Å². The third-order valence-corrected chi connectivity index (χ3v) is 8.29. The lowest BCUT2D eigenvalue weighted by Crippen LogP contribution is -2.43. The minimum Gasteiger partial charge on any atom is -0.353 e. The Bertz CT molecular complexity index is 1500. The first-order valence-electron chi connectivity index (χ1n) is 12.7. The van der Waals surface area contributed by atoms with Gasteiger partial charge < -0.3 is 15.2 Å². The summed E-state index contributed by atoms with van der Waals surface area (Å²) >= 11 is 0. The molecule has 1 aromatic carbocycles. The smallest absolute Gasteiger partial charge is 0.255 e. The van der Waals surface area contributed by atoms with Crippen LogP contribution in [0.25, 0.3) is 22.3 Å². The highest BCUT2D eigenvalue weighted by atomic mass is 16.2. The second-order valence-electron chi connectivity index (χ2n) is 10.8. The fourth-order valence-electron chi connectivity index (χ4n) is 6.81. The Hall–Kier alpha value is -3.94. The number of aromatic nitrogens is 4. The fourth-order valence-corrected chi connectivity index (χ4v) is 6.81. The van der Waals surface area contributed by atoms with Crippen molar-refractivity contribution in [3.05, 3.63) is 71.2 Å². The van der Waals surface area contributed by atoms with E-state index in [1.165, 1.54) is 11.1 Å². The van der Waals surface area contributed by atoms with Gasteiger partial charge in [-0.3, -0.25) is 19.7 Å². The zero-order valence-electron chi connectivity index (χ0n) is 20.2. The first-order valence-corrected chi connectivity index (χ1v) is 12.7. The van der Waals surface area contributed by atoms with Crippen LogP contribution in [-0.2, 0) is 11.8 Å². The van der Waals surface area contributed by atoms with E-state index in [1.807, 2.05) is 24.4 Å². The number of aromatic amines is 2. The maximum atomic E-state index is 13.3. The third kappa shape index (κ3) is 3.20. The van der Waals surface area contributed by atoms with Crippen LogP contribution in [0, 0.1) is 5.92 Å². The Labute approximate surface area is 208 Å². The summed E-state index contributed by atoms with van der Waals surface area (Å²) in [5.74, 6) is 0.558. The second-order valence-corrected chi connectivity index (χ2v) is 10.8. The third-order valence-electron chi connectivity index (χ3n) is 8.29. The Balaban J connectivity index is 1.15. The van der Waals surface area contributed by atoms with Gasteiger partial charge in [-0.15, -0.1) is 0 Å². The summed E-state index contributed by atoms with van der Waals surface area (Å²) in [5, 5.41) is 11.8. The van der Waals surface area contributed by atoms with E-state index in [1.54, 1.807) is 29.4 Å². The Kier molecular flexibility index (Phi) is 4.61. The zero-order valence-corrected chi connectivity index (χ0v) is 20.2. The molecule has 1 aliphatic heterocycles. The van der Waals surface area contributed by atoms with E-state index in [-0.39, 0.29) is 23.3 Å². The fraction of sp³-hybridized carbons (Fsp3) is 0.357. The van der Waals surface area contributed by atoms with Gasteiger partial charge in [0, 0.05) is 59.0 Å². The lowest BCUT2D eigenvalue weighted by atomic mass is 9.54. The van der Waals surface area contributed by atoms with Crippen molar-refractivity contribution in [1.82, 2.24) is 30.4 Å². The summed E-state index contributed by atoms with van der Waals surface area (Å²) in [6, 6.07) is 9.41. The number of carbonyl (C=O) groups excluding carboxylic acids is 2. The topological polar surface area (TPSA) is 107 Å². The number of likely N-dealkylation sites (tertiary alicyclic amines) is 1. The molecule has 1 spiro atoms. The number of nitrogens with one attached hydrogen (secondary N) is 3. The standard InChI is InChI=1S/C28H28N6O2/c1-16-10-28(11-16)12-19-14-30-33-24(19)25-23(28)21-9-17(4-5-22(21)32-25)26(35)31-20-6-8-34(15-20)27(36)18-3-2-7-29-13-18/h2-5,7,9,13-14,16,20,32H,6,8,10-12,15H2,1H3,(H,30,33)(H,31,35). The molecule has 3 aromatic heterocycles. The van der Waals surface area contributed by atoms with E-state index in [2.05, 4.69) is 32.4 Å². The van der Waals surface area contributed by atoms with Crippen molar-refractivity contribution in [3.8, 4) is 11.4 Å². The molecule has 7 rings (SSSR count). The molecule has 8 nitrogen and oxygen atoms in total. The summed E-state index contributed by atoms with van der Waals surface area (Å²) in [5.41, 5.74) is 7.17. The van der Waals surface area contributed by atoms with Crippen molar-refractivity contribution in [2.24, 2.45) is 5.92 Å². The molecule has 3 N–H and O–H groups in total. The molecular weight excluding hydrogens is 452 g/mol. The molecule has 8 heteroatoms. The molecule has 1 saturated carbocycles. The zero-order chi connectivity index (χ0) is 24.4. The SMILES string of the molecule is CC1CC2(Cc3cn[nH]c3-c3[nH]c4ccc(C(=O)NC5CCN(C(=O)c6cccnc6)C5)cc4c32)C1. The van der Waals surface area contributed by atoms with E-state index < -0.39 is 0 Å². The van der Waals surface area contributed by atoms with Crippen LogP contribution in [0.4, 0.5) is 0 Å². The molecule has 1 unspecified atom stereocenters. The van der Waals surface area contributed by atoms with Gasteiger partial charge in [0.05, 0.1) is 23.1 Å². The molecule has 2 fully saturated rings. The molecule has 36 heavy (non-hydrogen) atoms. The second kappa shape index (κ2) is 7.78. The van der Waals surface area contributed by atoms with E-state index in [9.17, 15) is 9.59 Å². The lowest BCUT2D eigenvalue weighted by Gasteiger charge is -2.49. The molecule has 0 radical (unpaired) electrons. The molecule has 2 amide bonds. The van der Waals surface area contributed by atoms with Gasteiger partial charge in [-0.25, -0.2) is 0 Å². The number of hydrogen-bond donors (Lipinski definition) is 3. The van der Waals surface area contributed by atoms with Crippen LogP contribution in [0.3, 0.4) is 0 Å². The molecule has 3 aliphatic rings. The summed E-state index contributed by atoms with van der Waals surface area (Å²) in [4.78, 5) is 35.5. The van der Waals surface area contributed by atoms with Gasteiger partial charge >= 0.3 is 0 Å². The van der Waals surface area contributed by atoms with Crippen LogP contribution >= 0.6 is 0 Å². The summed E-state index contributed by atoms with van der Waals surface area (Å²) < 4.78 is 0. The summed E-state index contributed by atoms with van der Waals surface area (Å²) in [7, 11) is 0. The van der Waals surface area contributed by atoms with Gasteiger partial charge in [-0.05, 0) is 67.5 Å². The molecule has 4 aromatic rings. The average molecular weight is 481 g/mol. The van der Waals surface area contributed by atoms with Crippen molar-refractivity contribution in [2.45, 2.75) is 44.1 Å². The number of fused-ring (bicyclic) bond motifs is 6. The Morgan fingerprint density at radius 1 is 1.14 bits per heavy atom. The maximum absolute atomic E-state index is 13.3. The van der Waals surface area contributed by atoms with Gasteiger partial charge in [0.2, 0.25) is 0 Å². The first-order chi connectivity index (χ1) is 17.5. The van der Waals surface area contributed by atoms with E-state index in [0.717, 1.165) is 48.0 Å². The largest absolute Gasteiger partial charge is 0.353 e. The number of amides is 2. The van der Waals surface area contributed by atoms with Crippen LogP contribution in [0.15, 0.2) is 48.9 Å². The van der Waals surface area contributed by atoms with E-state index in [4.69, 9.17) is 0 Å². The first kappa shape index (κ1) is 21.4. The number of pyridine rings is 1. The number of nitrogens with zero attached hydrogens (tertiary/aromatic N) is 3. The monoisotopic (exact) mass is 480 g/mol. The minimum absolute atomic E-state index is 0.0431. The minimum atomic E-state index is -0.0957. The normalized spacial score (nSPS) is 24.4. The number of carbonyl (C=O) groups is 2. The van der Waals surface area contributed by atoms with E-state index in [0.29, 0.717) is 30.1 Å². The number of rotatable bonds is 3. The van der Waals surface area contributed by atoms with Crippen LogP contribution in [-0.4, -0.2) is 56.0 Å². The molecule has 1 atom stereocenters. The number of H-pyrrole nitrogens is 2. The number of benzene rings is 1. The molecule has 0 bridgehead atoms. The van der Waals surface area contributed by atoms with Crippen molar-refractivity contribution < 1.29 is 9.59 Å². The van der Waals surface area contributed by atoms with Crippen molar-refractivity contribution in [3.63, 3.8) is 0 Å². The Morgan fingerprint density at radius 2 is 2.03 bits per heavy atom. The van der Waals surface area contributed by atoms with Crippen LogP contribution in [0.2, 0.25) is 0 Å². The van der Waals surface area contributed by atoms with Gasteiger partial charge in [-0.2, -0.15) is 5.10 Å². The summed E-state index contributed by atoms with van der Waals surface area (Å²) in [6.07, 6.45) is 9.23. The molecule has 182 valence electrons. The highest BCUT2D eigenvalue weighted by Crippen LogP contribution is 2.57. The van der Waals surface area contributed by atoms with Gasteiger partial charge in [-0.1, -0.05) is 6.92 Å². The quantitative estimate of drug-likeness (QED) is 0.414. The average Bonchev–Trinajstić information content (AvgIpc) is 3.61.